The van der Waals surface area contributed by atoms with Gasteiger partial charge in [-0.2, -0.15) is 0 Å². The molecule has 3 N–H and O–H groups in total. The summed E-state index contributed by atoms with van der Waals surface area (Å²) in [4.78, 5) is 12.0. The summed E-state index contributed by atoms with van der Waals surface area (Å²) < 4.78 is 26.5. The molecule has 0 unspecified atom stereocenters. The van der Waals surface area contributed by atoms with E-state index in [9.17, 15) is 18.3 Å². The molecule has 2 rings (SSSR count). The van der Waals surface area contributed by atoms with Gasteiger partial charge in [-0.3, -0.25) is 4.79 Å². The van der Waals surface area contributed by atoms with Crippen LogP contribution in [0.15, 0.2) is 53.4 Å². The van der Waals surface area contributed by atoms with Gasteiger partial charge in [0, 0.05) is 13.1 Å². The molecule has 0 atom stereocenters. The minimum Gasteiger partial charge on any atom is -0.507 e. The van der Waals surface area contributed by atoms with Gasteiger partial charge in [-0.15, -0.1) is 0 Å². The van der Waals surface area contributed by atoms with E-state index in [0.29, 0.717) is 0 Å². The van der Waals surface area contributed by atoms with Crippen molar-refractivity contribution in [2.45, 2.75) is 11.8 Å². The van der Waals surface area contributed by atoms with Crippen molar-refractivity contribution in [3.8, 4) is 5.75 Å². The van der Waals surface area contributed by atoms with Crippen LogP contribution in [0.1, 0.15) is 15.9 Å². The second-order valence-electron chi connectivity index (χ2n) is 4.98. The fraction of sp³-hybridized carbons (Fsp3) is 0.188. The molecular weight excluding hydrogens is 316 g/mol. The van der Waals surface area contributed by atoms with Gasteiger partial charge in [0.05, 0.1) is 10.5 Å². The largest absolute Gasteiger partial charge is 0.507 e. The molecule has 6 nitrogen and oxygen atoms in total. The van der Waals surface area contributed by atoms with Gasteiger partial charge < -0.3 is 10.4 Å². The molecule has 122 valence electrons. The van der Waals surface area contributed by atoms with Crippen molar-refractivity contribution in [3.05, 3.63) is 59.7 Å². The van der Waals surface area contributed by atoms with Crippen molar-refractivity contribution in [1.29, 1.82) is 0 Å². The lowest BCUT2D eigenvalue weighted by Gasteiger charge is -2.09. The molecule has 0 fully saturated rings. The van der Waals surface area contributed by atoms with Crippen LogP contribution in [0.5, 0.6) is 5.75 Å². The Morgan fingerprint density at radius 2 is 1.70 bits per heavy atom. The highest BCUT2D eigenvalue weighted by atomic mass is 32.2. The number of carbonyl (C=O) groups is 1. The van der Waals surface area contributed by atoms with E-state index in [1.165, 1.54) is 24.3 Å². The van der Waals surface area contributed by atoms with Gasteiger partial charge in [0.1, 0.15) is 5.75 Å². The van der Waals surface area contributed by atoms with E-state index in [1.54, 1.807) is 24.3 Å². The van der Waals surface area contributed by atoms with Gasteiger partial charge in [0.15, 0.2) is 0 Å². The Hall–Kier alpha value is -2.38. The summed E-state index contributed by atoms with van der Waals surface area (Å²) in [5.41, 5.74) is 1.12. The summed E-state index contributed by atoms with van der Waals surface area (Å²) >= 11 is 0. The first-order chi connectivity index (χ1) is 10.9. The summed E-state index contributed by atoms with van der Waals surface area (Å²) in [7, 11) is -3.60. The van der Waals surface area contributed by atoms with Crippen LogP contribution >= 0.6 is 0 Å². The number of sulfonamides is 1. The Morgan fingerprint density at radius 1 is 1.04 bits per heavy atom. The number of aromatic hydroxyl groups is 1. The minimum atomic E-state index is -3.60. The van der Waals surface area contributed by atoms with Crippen molar-refractivity contribution < 1.29 is 18.3 Å². The average molecular weight is 334 g/mol. The van der Waals surface area contributed by atoms with E-state index in [-0.39, 0.29) is 29.3 Å². The van der Waals surface area contributed by atoms with E-state index in [4.69, 9.17) is 0 Å². The maximum absolute atomic E-state index is 12.0. The fourth-order valence-electron chi connectivity index (χ4n) is 1.92. The van der Waals surface area contributed by atoms with Crippen molar-refractivity contribution >= 4 is 15.9 Å². The Kier molecular flexibility index (Phi) is 5.36. The molecule has 2 aromatic carbocycles. The van der Waals surface area contributed by atoms with Crippen molar-refractivity contribution in [2.75, 3.05) is 13.1 Å². The molecule has 23 heavy (non-hydrogen) atoms. The summed E-state index contributed by atoms with van der Waals surface area (Å²) in [6.45, 7) is 2.03. The van der Waals surface area contributed by atoms with E-state index in [0.717, 1.165) is 5.56 Å². The first-order valence-corrected chi connectivity index (χ1v) is 8.51. The number of amides is 1. The maximum Gasteiger partial charge on any atom is 0.255 e. The smallest absolute Gasteiger partial charge is 0.255 e. The number of aryl methyl sites for hydroxylation is 1. The van der Waals surface area contributed by atoms with Crippen LogP contribution in [0.4, 0.5) is 0 Å². The molecule has 0 spiro atoms. The molecule has 0 aromatic heterocycles. The Bertz CT molecular complexity index is 786. The maximum atomic E-state index is 12.0. The lowest BCUT2D eigenvalue weighted by molar-refractivity contribution is 0.0951. The molecule has 0 aliphatic carbocycles. The number of carbonyl (C=O) groups excluding carboxylic acids is 1. The molecule has 0 saturated heterocycles. The number of benzene rings is 2. The summed E-state index contributed by atoms with van der Waals surface area (Å²) in [5.74, 6) is -0.581. The van der Waals surface area contributed by atoms with Crippen molar-refractivity contribution in [3.63, 3.8) is 0 Å². The molecule has 0 saturated carbocycles. The molecule has 0 heterocycles. The minimum absolute atomic E-state index is 0.0511. The van der Waals surface area contributed by atoms with Crippen LogP contribution < -0.4 is 10.0 Å². The molecule has 0 aliphatic heterocycles. The number of rotatable bonds is 6. The second kappa shape index (κ2) is 7.26. The first-order valence-electron chi connectivity index (χ1n) is 7.03. The van der Waals surface area contributed by atoms with Crippen LogP contribution in [0, 0.1) is 6.92 Å². The molecule has 2 aromatic rings. The standard InChI is InChI=1S/C16H18N2O4S/c1-12-6-8-13(9-7-12)23(21,22)18-11-10-17-16(20)14-4-2-3-5-15(14)19/h2-9,18-19H,10-11H2,1H3,(H,17,20). The van der Waals surface area contributed by atoms with Crippen LogP contribution in [0.3, 0.4) is 0 Å². The highest BCUT2D eigenvalue weighted by Gasteiger charge is 2.13. The van der Waals surface area contributed by atoms with Gasteiger partial charge in [-0.05, 0) is 31.2 Å². The third kappa shape index (κ3) is 4.54. The Morgan fingerprint density at radius 3 is 2.35 bits per heavy atom. The van der Waals surface area contributed by atoms with Crippen molar-refractivity contribution in [1.82, 2.24) is 10.0 Å². The monoisotopic (exact) mass is 334 g/mol. The highest BCUT2D eigenvalue weighted by molar-refractivity contribution is 7.89. The Balaban J connectivity index is 1.86. The lowest BCUT2D eigenvalue weighted by Crippen LogP contribution is -2.34. The molecule has 0 radical (unpaired) electrons. The third-order valence-electron chi connectivity index (χ3n) is 3.18. The molecule has 1 amide bonds. The Labute approximate surface area is 135 Å². The first kappa shape index (κ1) is 17.0. The van der Waals surface area contributed by atoms with E-state index in [1.807, 2.05) is 6.92 Å². The van der Waals surface area contributed by atoms with Crippen LogP contribution in [-0.2, 0) is 10.0 Å². The number of nitrogens with one attached hydrogen (secondary N) is 2. The summed E-state index contributed by atoms with van der Waals surface area (Å²) in [6.07, 6.45) is 0. The van der Waals surface area contributed by atoms with E-state index >= 15 is 0 Å². The number of hydrogen-bond acceptors (Lipinski definition) is 4. The third-order valence-corrected chi connectivity index (χ3v) is 4.66. The number of phenolic OH excluding ortho intramolecular Hbond substituents is 1. The normalized spacial score (nSPS) is 11.2. The summed E-state index contributed by atoms with van der Waals surface area (Å²) in [6, 6.07) is 12.6. The van der Waals surface area contributed by atoms with Crippen LogP contribution in [0.2, 0.25) is 0 Å². The average Bonchev–Trinajstić information content (AvgIpc) is 2.52. The molecular formula is C16H18N2O4S. The van der Waals surface area contributed by atoms with Crippen LogP contribution in [-0.4, -0.2) is 32.5 Å². The van der Waals surface area contributed by atoms with Gasteiger partial charge >= 0.3 is 0 Å². The van der Waals surface area contributed by atoms with Gasteiger partial charge in [0.2, 0.25) is 10.0 Å². The fourth-order valence-corrected chi connectivity index (χ4v) is 2.95. The van der Waals surface area contributed by atoms with E-state index < -0.39 is 15.9 Å². The van der Waals surface area contributed by atoms with E-state index in [2.05, 4.69) is 10.0 Å². The summed E-state index contributed by atoms with van der Waals surface area (Å²) in [5, 5.41) is 12.1. The predicted molar refractivity (Wildman–Crippen MR) is 86.8 cm³/mol. The van der Waals surface area contributed by atoms with Crippen molar-refractivity contribution in [2.24, 2.45) is 0 Å². The highest BCUT2D eigenvalue weighted by Crippen LogP contribution is 2.14. The zero-order chi connectivity index (χ0) is 16.9. The number of phenols is 1. The number of para-hydroxylation sites is 1. The topological polar surface area (TPSA) is 95.5 Å². The second-order valence-corrected chi connectivity index (χ2v) is 6.75. The predicted octanol–water partition coefficient (Wildman–Crippen LogP) is 1.41. The number of hydrogen-bond donors (Lipinski definition) is 3. The van der Waals surface area contributed by atoms with Gasteiger partial charge in [-0.1, -0.05) is 29.8 Å². The van der Waals surface area contributed by atoms with Gasteiger partial charge in [-0.25, -0.2) is 13.1 Å². The van der Waals surface area contributed by atoms with Gasteiger partial charge in [0.25, 0.3) is 5.91 Å². The zero-order valence-electron chi connectivity index (χ0n) is 12.6. The quantitative estimate of drug-likeness (QED) is 0.696. The SMILES string of the molecule is Cc1ccc(S(=O)(=O)NCCNC(=O)c2ccccc2O)cc1. The lowest BCUT2D eigenvalue weighted by atomic mass is 10.2. The van der Waals surface area contributed by atoms with Crippen LogP contribution in [0.25, 0.3) is 0 Å². The molecule has 0 aliphatic rings. The zero-order valence-corrected chi connectivity index (χ0v) is 13.4. The molecule has 0 bridgehead atoms. The molecule has 7 heteroatoms.